The Morgan fingerprint density at radius 2 is 1.51 bits per heavy atom. The minimum atomic E-state index is -1.33. The van der Waals surface area contributed by atoms with Crippen molar-refractivity contribution in [3.63, 3.8) is 0 Å². The van der Waals surface area contributed by atoms with Crippen molar-refractivity contribution >= 4 is 75.2 Å². The molecule has 1 atom stereocenters. The first-order chi connectivity index (χ1) is 19.4. The van der Waals surface area contributed by atoms with Gasteiger partial charge in [-0.05, 0) is 61.9 Å². The van der Waals surface area contributed by atoms with Crippen LogP contribution in [0.15, 0.2) is 66.7 Å². The highest BCUT2D eigenvalue weighted by molar-refractivity contribution is 6.40. The number of rotatable bonds is 9. The number of esters is 1. The Kier molecular flexibility index (Phi) is 9.44. The number of halogens is 4. The van der Waals surface area contributed by atoms with Gasteiger partial charge in [0.15, 0.2) is 0 Å². The van der Waals surface area contributed by atoms with Crippen molar-refractivity contribution in [2.75, 3.05) is 6.61 Å². The Balaban J connectivity index is 1.62. The molecule has 0 aliphatic rings. The first-order valence-corrected chi connectivity index (χ1v) is 13.9. The van der Waals surface area contributed by atoms with Crippen molar-refractivity contribution in [1.29, 1.82) is 0 Å². The molecule has 0 bridgehead atoms. The van der Waals surface area contributed by atoms with Gasteiger partial charge in [-0.3, -0.25) is 9.59 Å². The maximum atomic E-state index is 13.1. The molecule has 0 saturated heterocycles. The van der Waals surface area contributed by atoms with Crippen LogP contribution >= 0.6 is 46.4 Å². The topological polar surface area (TPSA) is 106 Å². The molecule has 0 fully saturated rings. The van der Waals surface area contributed by atoms with Crippen LogP contribution in [0, 0.1) is 5.41 Å². The lowest BCUT2D eigenvalue weighted by Crippen LogP contribution is -2.45. The molecule has 11 heteroatoms. The second-order valence-electron chi connectivity index (χ2n) is 9.94. The van der Waals surface area contributed by atoms with E-state index in [9.17, 15) is 19.5 Å². The fraction of sp³-hybridized carbons (Fsp3) is 0.200. The summed E-state index contributed by atoms with van der Waals surface area (Å²) in [6.45, 7) is 2.47. The van der Waals surface area contributed by atoms with Crippen LogP contribution in [-0.4, -0.2) is 40.6 Å². The summed E-state index contributed by atoms with van der Waals surface area (Å²) in [5.41, 5.74) is 1.26. The van der Waals surface area contributed by atoms with Gasteiger partial charge in [0.25, 0.3) is 5.91 Å². The van der Waals surface area contributed by atoms with E-state index in [1.165, 1.54) is 26.0 Å². The zero-order valence-electron chi connectivity index (χ0n) is 21.9. The molecule has 41 heavy (non-hydrogen) atoms. The number of pyridine rings is 1. The third kappa shape index (κ3) is 7.11. The highest BCUT2D eigenvalue weighted by Gasteiger charge is 2.32. The maximum absolute atomic E-state index is 13.1. The lowest BCUT2D eigenvalue weighted by Gasteiger charge is -2.23. The third-order valence-electron chi connectivity index (χ3n) is 6.35. The SMILES string of the molecule is CC(C)(COC(=O)C(Cc1ccc2nc(-c3c(Cl)cccc3Cl)ccc2c1)NC(=O)c1c(Cl)cccc1Cl)C(=O)O. The molecule has 0 aliphatic heterocycles. The summed E-state index contributed by atoms with van der Waals surface area (Å²) in [6, 6.07) is 17.7. The Hall–Kier alpha value is -3.36. The Labute approximate surface area is 256 Å². The van der Waals surface area contributed by atoms with E-state index in [1.54, 1.807) is 42.5 Å². The van der Waals surface area contributed by atoms with Crippen LogP contribution in [0.3, 0.4) is 0 Å². The number of nitrogens with one attached hydrogen (secondary N) is 1. The summed E-state index contributed by atoms with van der Waals surface area (Å²) >= 11 is 25.1. The molecule has 2 N–H and O–H groups in total. The smallest absolute Gasteiger partial charge is 0.329 e. The fourth-order valence-electron chi connectivity index (χ4n) is 3.97. The van der Waals surface area contributed by atoms with E-state index < -0.39 is 35.9 Å². The summed E-state index contributed by atoms with van der Waals surface area (Å²) in [7, 11) is 0. The number of ether oxygens (including phenoxy) is 1. The highest BCUT2D eigenvalue weighted by Crippen LogP contribution is 2.34. The number of aromatic nitrogens is 1. The van der Waals surface area contributed by atoms with E-state index in [0.717, 1.165) is 5.39 Å². The average Bonchev–Trinajstić information content (AvgIpc) is 2.91. The molecule has 1 aromatic heterocycles. The predicted octanol–water partition coefficient (Wildman–Crippen LogP) is 7.51. The molecular weight excluding hydrogens is 610 g/mol. The quantitative estimate of drug-likeness (QED) is 0.185. The van der Waals surface area contributed by atoms with Gasteiger partial charge in [0.05, 0.1) is 42.3 Å². The largest absolute Gasteiger partial charge is 0.481 e. The summed E-state index contributed by atoms with van der Waals surface area (Å²) in [5.74, 6) is -2.62. The fourth-order valence-corrected chi connectivity index (χ4v) is 5.13. The lowest BCUT2D eigenvalue weighted by molar-refractivity contribution is -0.157. The number of hydrogen-bond acceptors (Lipinski definition) is 5. The average molecular weight is 634 g/mol. The van der Waals surface area contributed by atoms with Gasteiger partial charge in [0, 0.05) is 17.4 Å². The molecule has 0 saturated carbocycles. The predicted molar refractivity (Wildman–Crippen MR) is 161 cm³/mol. The van der Waals surface area contributed by atoms with Crippen LogP contribution in [0.2, 0.25) is 20.1 Å². The van der Waals surface area contributed by atoms with Crippen molar-refractivity contribution in [3.05, 3.63) is 97.9 Å². The normalized spacial score (nSPS) is 12.1. The number of aliphatic carboxylic acids is 1. The molecule has 0 aliphatic carbocycles. The monoisotopic (exact) mass is 632 g/mol. The number of amides is 1. The standard InChI is InChI=1S/C30H24Cl4N2O5/c1-30(2,29(39)40)15-41-28(38)24(36-27(37)26-20(33)7-4-8-21(26)34)14-16-9-11-22-17(13-16)10-12-23(35-22)25-18(31)5-3-6-19(25)32/h3-13,24H,14-15H2,1-2H3,(H,36,37)(H,39,40). The van der Waals surface area contributed by atoms with Gasteiger partial charge in [-0.15, -0.1) is 0 Å². The molecule has 1 unspecified atom stereocenters. The minimum Gasteiger partial charge on any atom is -0.481 e. The number of hydrogen-bond donors (Lipinski definition) is 2. The molecule has 1 amide bonds. The second-order valence-corrected chi connectivity index (χ2v) is 11.6. The summed E-state index contributed by atoms with van der Waals surface area (Å²) in [6.07, 6.45) is 0.0359. The summed E-state index contributed by atoms with van der Waals surface area (Å²) in [5, 5.41) is 14.0. The molecule has 1 heterocycles. The molecule has 212 valence electrons. The number of nitrogens with zero attached hydrogens (tertiary/aromatic N) is 1. The maximum Gasteiger partial charge on any atom is 0.329 e. The molecule has 3 aromatic carbocycles. The van der Waals surface area contributed by atoms with Gasteiger partial charge < -0.3 is 15.2 Å². The molecule has 4 rings (SSSR count). The number of fused-ring (bicyclic) bond motifs is 1. The molecule has 0 radical (unpaired) electrons. The minimum absolute atomic E-state index is 0.00738. The molecule has 4 aromatic rings. The van der Waals surface area contributed by atoms with Crippen molar-refractivity contribution in [2.45, 2.75) is 26.3 Å². The highest BCUT2D eigenvalue weighted by atomic mass is 35.5. The zero-order valence-corrected chi connectivity index (χ0v) is 24.9. The van der Waals surface area contributed by atoms with Crippen molar-refractivity contribution in [3.8, 4) is 11.3 Å². The van der Waals surface area contributed by atoms with Crippen LogP contribution in [-0.2, 0) is 20.7 Å². The Morgan fingerprint density at radius 1 is 0.902 bits per heavy atom. The first kappa shape index (κ1) is 30.6. The molecule has 7 nitrogen and oxygen atoms in total. The van der Waals surface area contributed by atoms with Crippen molar-refractivity contribution in [2.24, 2.45) is 5.41 Å². The van der Waals surface area contributed by atoms with E-state index in [1.807, 2.05) is 12.1 Å². The Morgan fingerprint density at radius 3 is 2.12 bits per heavy atom. The van der Waals surface area contributed by atoms with Gasteiger partial charge in [-0.25, -0.2) is 9.78 Å². The molecule has 0 spiro atoms. The molecular formula is C30H24Cl4N2O5. The van der Waals surface area contributed by atoms with E-state index in [-0.39, 0.29) is 22.0 Å². The van der Waals surface area contributed by atoms with Gasteiger partial charge in [-0.2, -0.15) is 0 Å². The van der Waals surface area contributed by atoms with E-state index in [2.05, 4.69) is 10.3 Å². The van der Waals surface area contributed by atoms with Crippen LogP contribution in [0.25, 0.3) is 22.2 Å². The second kappa shape index (κ2) is 12.7. The number of carbonyl (C=O) groups is 3. The van der Waals surface area contributed by atoms with E-state index in [0.29, 0.717) is 32.4 Å². The Bertz CT molecular complexity index is 1620. The van der Waals surface area contributed by atoms with Crippen LogP contribution < -0.4 is 5.32 Å². The summed E-state index contributed by atoms with van der Waals surface area (Å²) in [4.78, 5) is 42.5. The number of carboxylic acid groups (broad SMARTS) is 1. The van der Waals surface area contributed by atoms with E-state index >= 15 is 0 Å². The van der Waals surface area contributed by atoms with Gasteiger partial charge in [-0.1, -0.05) is 70.7 Å². The third-order valence-corrected chi connectivity index (χ3v) is 7.61. The van der Waals surface area contributed by atoms with Crippen molar-refractivity contribution < 1.29 is 24.2 Å². The first-order valence-electron chi connectivity index (χ1n) is 12.4. The lowest BCUT2D eigenvalue weighted by atomic mass is 9.95. The van der Waals surface area contributed by atoms with Crippen LogP contribution in [0.5, 0.6) is 0 Å². The van der Waals surface area contributed by atoms with Gasteiger partial charge >= 0.3 is 11.9 Å². The van der Waals surface area contributed by atoms with Crippen molar-refractivity contribution in [1.82, 2.24) is 10.3 Å². The van der Waals surface area contributed by atoms with E-state index in [4.69, 9.17) is 51.1 Å². The number of carbonyl (C=O) groups excluding carboxylic acids is 2. The van der Waals surface area contributed by atoms with Gasteiger partial charge in [0.1, 0.15) is 12.6 Å². The number of benzene rings is 3. The van der Waals surface area contributed by atoms with Crippen LogP contribution in [0.4, 0.5) is 0 Å². The van der Waals surface area contributed by atoms with Crippen LogP contribution in [0.1, 0.15) is 29.8 Å². The van der Waals surface area contributed by atoms with Gasteiger partial charge in [0.2, 0.25) is 0 Å². The summed E-state index contributed by atoms with van der Waals surface area (Å²) < 4.78 is 5.34. The zero-order chi connectivity index (χ0) is 29.9. The number of carboxylic acids is 1.